The van der Waals surface area contributed by atoms with Gasteiger partial charge in [-0.05, 0) is 25.0 Å². The minimum Gasteiger partial charge on any atom is -0.495 e. The maximum atomic E-state index is 12.5. The maximum absolute atomic E-state index is 12.5. The van der Waals surface area contributed by atoms with Gasteiger partial charge in [-0.2, -0.15) is 0 Å². The number of unbranched alkanes of at least 4 members (excludes halogenated alkanes) is 1. The Morgan fingerprint density at radius 2 is 1.95 bits per heavy atom. The van der Waals surface area contributed by atoms with Gasteiger partial charge in [-0.15, -0.1) is 0 Å². The zero-order chi connectivity index (χ0) is 14.4. The number of ether oxygens (including phenoxy) is 1. The van der Waals surface area contributed by atoms with Crippen molar-refractivity contribution in [3.63, 3.8) is 0 Å². The monoisotopic (exact) mass is 302 g/mol. The smallest absolute Gasteiger partial charge is 0.167 e. The van der Waals surface area contributed by atoms with Crippen LogP contribution in [0.25, 0.3) is 0 Å². The van der Waals surface area contributed by atoms with E-state index < -0.39 is 0 Å². The molecule has 0 aliphatic rings. The van der Waals surface area contributed by atoms with E-state index in [4.69, 9.17) is 27.9 Å². The first-order valence-electron chi connectivity index (χ1n) is 6.62. The average Bonchev–Trinajstić information content (AvgIpc) is 2.39. The molecule has 0 bridgehead atoms. The van der Waals surface area contributed by atoms with Gasteiger partial charge in [-0.1, -0.05) is 49.9 Å². The van der Waals surface area contributed by atoms with Crippen molar-refractivity contribution in [2.24, 2.45) is 5.92 Å². The van der Waals surface area contributed by atoms with Gasteiger partial charge in [-0.3, -0.25) is 4.79 Å². The summed E-state index contributed by atoms with van der Waals surface area (Å²) in [6.45, 7) is 4.15. The summed E-state index contributed by atoms with van der Waals surface area (Å²) in [6.07, 6.45) is 3.85. The number of carbonyl (C=O) groups is 1. The lowest BCUT2D eigenvalue weighted by Crippen LogP contribution is -2.14. The van der Waals surface area contributed by atoms with Crippen molar-refractivity contribution in [1.29, 1.82) is 0 Å². The third-order valence-corrected chi connectivity index (χ3v) is 3.88. The Balaban J connectivity index is 3.03. The molecular weight excluding hydrogens is 283 g/mol. The first kappa shape index (κ1) is 16.3. The van der Waals surface area contributed by atoms with Crippen LogP contribution in [-0.4, -0.2) is 12.9 Å². The number of Topliss-reactive ketones (excluding diaryl/α,β-unsaturated/α-hetero) is 1. The van der Waals surface area contributed by atoms with Gasteiger partial charge in [0, 0.05) is 11.5 Å². The fourth-order valence-corrected chi connectivity index (χ4v) is 2.62. The minimum atomic E-state index is 0.0170. The second kappa shape index (κ2) is 7.76. The summed E-state index contributed by atoms with van der Waals surface area (Å²) in [5.41, 5.74) is 0.505. The van der Waals surface area contributed by atoms with E-state index in [0.29, 0.717) is 21.4 Å². The lowest BCUT2D eigenvalue weighted by molar-refractivity contribution is 0.0908. The van der Waals surface area contributed by atoms with Gasteiger partial charge < -0.3 is 4.74 Å². The van der Waals surface area contributed by atoms with Gasteiger partial charge in [0.2, 0.25) is 0 Å². The minimum absolute atomic E-state index is 0.0170. The second-order valence-electron chi connectivity index (χ2n) is 4.58. The normalized spacial score (nSPS) is 12.3. The molecule has 0 saturated carbocycles. The van der Waals surface area contributed by atoms with E-state index in [0.717, 1.165) is 25.7 Å². The molecule has 2 nitrogen and oxygen atoms in total. The van der Waals surface area contributed by atoms with Crippen LogP contribution >= 0.6 is 23.2 Å². The summed E-state index contributed by atoms with van der Waals surface area (Å²) in [4.78, 5) is 12.5. The van der Waals surface area contributed by atoms with Crippen molar-refractivity contribution in [3.05, 3.63) is 27.7 Å². The molecule has 0 saturated heterocycles. The fraction of sp³-hybridized carbons (Fsp3) is 0.533. The van der Waals surface area contributed by atoms with Crippen molar-refractivity contribution in [2.45, 2.75) is 39.5 Å². The SMILES string of the molecule is CCCCC(CC)C(=O)c1cc(OC)c(Cl)cc1Cl. The molecule has 0 amide bonds. The topological polar surface area (TPSA) is 26.3 Å². The van der Waals surface area contributed by atoms with Crippen LogP contribution in [0.4, 0.5) is 0 Å². The highest BCUT2D eigenvalue weighted by Crippen LogP contribution is 2.33. The third-order valence-electron chi connectivity index (χ3n) is 3.28. The zero-order valence-electron chi connectivity index (χ0n) is 11.6. The van der Waals surface area contributed by atoms with Crippen LogP contribution in [0.3, 0.4) is 0 Å². The molecule has 0 radical (unpaired) electrons. The molecule has 0 fully saturated rings. The molecule has 0 spiro atoms. The lowest BCUT2D eigenvalue weighted by Gasteiger charge is -2.15. The number of hydrogen-bond acceptors (Lipinski definition) is 2. The predicted octanol–water partition coefficient (Wildman–Crippen LogP) is 5.40. The highest BCUT2D eigenvalue weighted by atomic mass is 35.5. The molecule has 1 aromatic rings. The van der Waals surface area contributed by atoms with Crippen molar-refractivity contribution < 1.29 is 9.53 Å². The number of methoxy groups -OCH3 is 1. The van der Waals surface area contributed by atoms with E-state index in [1.807, 2.05) is 6.92 Å². The average molecular weight is 303 g/mol. The number of hydrogen-bond donors (Lipinski definition) is 0. The highest BCUT2D eigenvalue weighted by molar-refractivity contribution is 6.37. The number of rotatable bonds is 7. The van der Waals surface area contributed by atoms with Crippen molar-refractivity contribution in [3.8, 4) is 5.75 Å². The lowest BCUT2D eigenvalue weighted by atomic mass is 9.90. The van der Waals surface area contributed by atoms with Gasteiger partial charge in [0.1, 0.15) is 5.75 Å². The summed E-state index contributed by atoms with van der Waals surface area (Å²) in [7, 11) is 1.53. The molecule has 1 aromatic carbocycles. The van der Waals surface area contributed by atoms with Crippen LogP contribution in [0, 0.1) is 5.92 Å². The molecule has 0 N–H and O–H groups in total. The molecule has 106 valence electrons. The molecule has 0 aromatic heterocycles. The number of carbonyl (C=O) groups excluding carboxylic acids is 1. The second-order valence-corrected chi connectivity index (χ2v) is 5.39. The predicted molar refractivity (Wildman–Crippen MR) is 80.7 cm³/mol. The number of benzene rings is 1. The molecule has 1 rings (SSSR count). The third kappa shape index (κ3) is 4.12. The van der Waals surface area contributed by atoms with Gasteiger partial charge >= 0.3 is 0 Å². The summed E-state index contributed by atoms with van der Waals surface area (Å²) in [5, 5.41) is 0.816. The van der Waals surface area contributed by atoms with Gasteiger partial charge in [0.05, 0.1) is 17.2 Å². The molecule has 4 heteroatoms. The first-order chi connectivity index (χ1) is 9.04. The van der Waals surface area contributed by atoms with Crippen LogP contribution in [0.2, 0.25) is 10.0 Å². The van der Waals surface area contributed by atoms with E-state index >= 15 is 0 Å². The standard InChI is InChI=1S/C15H20Cl2O2/c1-4-6-7-10(5-2)15(18)11-8-14(19-3)13(17)9-12(11)16/h8-10H,4-7H2,1-3H3. The van der Waals surface area contributed by atoms with E-state index in [9.17, 15) is 4.79 Å². The van der Waals surface area contributed by atoms with E-state index in [-0.39, 0.29) is 11.7 Å². The quantitative estimate of drug-likeness (QED) is 0.630. The summed E-state index contributed by atoms with van der Waals surface area (Å²) in [6, 6.07) is 3.21. The van der Waals surface area contributed by atoms with Crippen molar-refractivity contribution in [2.75, 3.05) is 7.11 Å². The Bertz CT molecular complexity index is 444. The Kier molecular flexibility index (Phi) is 6.67. The van der Waals surface area contributed by atoms with Gasteiger partial charge in [0.15, 0.2) is 5.78 Å². The van der Waals surface area contributed by atoms with Crippen LogP contribution in [0.15, 0.2) is 12.1 Å². The largest absolute Gasteiger partial charge is 0.495 e. The molecule has 1 unspecified atom stereocenters. The molecule has 19 heavy (non-hydrogen) atoms. The van der Waals surface area contributed by atoms with Crippen LogP contribution in [0.1, 0.15) is 49.9 Å². The van der Waals surface area contributed by atoms with Crippen LogP contribution < -0.4 is 4.74 Å². The molecular formula is C15H20Cl2O2. The van der Waals surface area contributed by atoms with Crippen molar-refractivity contribution in [1.82, 2.24) is 0 Å². The van der Waals surface area contributed by atoms with E-state index in [1.54, 1.807) is 12.1 Å². The first-order valence-corrected chi connectivity index (χ1v) is 7.37. The molecule has 0 aliphatic heterocycles. The van der Waals surface area contributed by atoms with Crippen molar-refractivity contribution >= 4 is 29.0 Å². The molecule has 0 heterocycles. The Morgan fingerprint density at radius 3 is 2.47 bits per heavy atom. The highest BCUT2D eigenvalue weighted by Gasteiger charge is 2.21. The van der Waals surface area contributed by atoms with Gasteiger partial charge in [0.25, 0.3) is 0 Å². The maximum Gasteiger partial charge on any atom is 0.167 e. The van der Waals surface area contributed by atoms with Crippen LogP contribution in [-0.2, 0) is 0 Å². The molecule has 1 atom stereocenters. The summed E-state index contributed by atoms with van der Waals surface area (Å²) >= 11 is 12.1. The zero-order valence-corrected chi connectivity index (χ0v) is 13.1. The Labute approximate surface area is 125 Å². The summed E-state index contributed by atoms with van der Waals surface area (Å²) in [5.74, 6) is 0.582. The van der Waals surface area contributed by atoms with E-state index in [2.05, 4.69) is 6.92 Å². The number of halogens is 2. The fourth-order valence-electron chi connectivity index (χ4n) is 2.07. The summed E-state index contributed by atoms with van der Waals surface area (Å²) < 4.78 is 5.14. The number of ketones is 1. The Morgan fingerprint density at radius 1 is 1.26 bits per heavy atom. The Hall–Kier alpha value is -0.730. The van der Waals surface area contributed by atoms with Crippen LogP contribution in [0.5, 0.6) is 5.75 Å². The van der Waals surface area contributed by atoms with E-state index in [1.165, 1.54) is 7.11 Å². The molecule has 0 aliphatic carbocycles. The van der Waals surface area contributed by atoms with Gasteiger partial charge in [-0.25, -0.2) is 0 Å².